The maximum Gasteiger partial charge on any atom is 0.252 e. The smallest absolute Gasteiger partial charge is 0.252 e. The van der Waals surface area contributed by atoms with Crippen LogP contribution in [0.2, 0.25) is 0 Å². The van der Waals surface area contributed by atoms with Crippen LogP contribution in [0.1, 0.15) is 29.8 Å². The molecule has 64 valence electrons. The summed E-state index contributed by atoms with van der Waals surface area (Å²) in [6.07, 6.45) is 0. The Bertz CT molecular complexity index is 385. The molecule has 3 heteroatoms. The molecule has 1 aromatic carbocycles. The van der Waals surface area contributed by atoms with Crippen LogP contribution in [0.15, 0.2) is 18.2 Å². The van der Waals surface area contributed by atoms with Gasteiger partial charge in [-0.25, -0.2) is 0 Å². The lowest BCUT2D eigenvalue weighted by Crippen LogP contribution is -2.32. The van der Waals surface area contributed by atoms with E-state index in [9.17, 15) is 4.79 Å². The van der Waals surface area contributed by atoms with Gasteiger partial charge in [0, 0.05) is 5.56 Å². The van der Waals surface area contributed by atoms with Crippen LogP contribution < -0.4 is 10.8 Å². The molecule has 2 rings (SSSR count). The fraction of sp³-hybridized carbons (Fsp3) is 0.300. The van der Waals surface area contributed by atoms with E-state index in [2.05, 4.69) is 5.32 Å². The zero-order valence-electron chi connectivity index (χ0n) is 7.72. The molecule has 0 atom stereocenters. The first kappa shape index (κ1) is 8.36. The van der Waals surface area contributed by atoms with E-state index in [1.807, 2.05) is 26.0 Å². The molecular formula is C10H10BNO. The van der Waals surface area contributed by atoms with Gasteiger partial charge < -0.3 is 5.32 Å². The molecule has 0 saturated heterocycles. The van der Waals surface area contributed by atoms with Gasteiger partial charge in [0.25, 0.3) is 5.91 Å². The van der Waals surface area contributed by atoms with Crippen LogP contribution in [0.5, 0.6) is 0 Å². The maximum absolute atomic E-state index is 11.5. The Labute approximate surface area is 78.7 Å². The molecule has 1 aliphatic rings. The molecule has 1 heterocycles. The largest absolute Gasteiger partial charge is 0.343 e. The number of carbonyl (C=O) groups excluding carboxylic acids is 1. The van der Waals surface area contributed by atoms with Gasteiger partial charge in [0.1, 0.15) is 7.85 Å². The second-order valence-electron chi connectivity index (χ2n) is 3.88. The minimum Gasteiger partial charge on any atom is -0.343 e. The Kier molecular flexibility index (Phi) is 1.53. The summed E-state index contributed by atoms with van der Waals surface area (Å²) in [5, 5.41) is 2.89. The van der Waals surface area contributed by atoms with Gasteiger partial charge in [-0.3, -0.25) is 4.79 Å². The van der Waals surface area contributed by atoms with Gasteiger partial charge in [-0.1, -0.05) is 23.7 Å². The van der Waals surface area contributed by atoms with Crippen LogP contribution >= 0.6 is 0 Å². The Morgan fingerprint density at radius 1 is 1.38 bits per heavy atom. The third-order valence-corrected chi connectivity index (χ3v) is 2.39. The SMILES string of the molecule is [B]c1ccc2c(c1)C(=O)NC2(C)C. The van der Waals surface area contributed by atoms with Crippen LogP contribution in [0.25, 0.3) is 0 Å². The molecule has 0 aliphatic carbocycles. The molecule has 0 saturated carbocycles. The Morgan fingerprint density at radius 3 is 2.77 bits per heavy atom. The van der Waals surface area contributed by atoms with Crippen molar-refractivity contribution < 1.29 is 4.79 Å². The second kappa shape index (κ2) is 2.38. The quantitative estimate of drug-likeness (QED) is 0.564. The summed E-state index contributed by atoms with van der Waals surface area (Å²) in [5.74, 6) is -0.0349. The molecule has 1 aromatic rings. The van der Waals surface area contributed by atoms with Gasteiger partial charge in [0.05, 0.1) is 5.54 Å². The lowest BCUT2D eigenvalue weighted by atomic mass is 9.88. The van der Waals surface area contributed by atoms with Gasteiger partial charge in [-0.15, -0.1) is 0 Å². The van der Waals surface area contributed by atoms with E-state index in [0.29, 0.717) is 11.0 Å². The van der Waals surface area contributed by atoms with Crippen molar-refractivity contribution in [2.45, 2.75) is 19.4 Å². The molecule has 1 N–H and O–H groups in total. The monoisotopic (exact) mass is 171 g/mol. The molecule has 1 aliphatic heterocycles. The minimum absolute atomic E-state index is 0.0349. The first-order valence-electron chi connectivity index (χ1n) is 4.23. The highest BCUT2D eigenvalue weighted by molar-refractivity contribution is 6.32. The zero-order valence-corrected chi connectivity index (χ0v) is 7.72. The first-order chi connectivity index (χ1) is 6.00. The van der Waals surface area contributed by atoms with Crippen LogP contribution in [0.3, 0.4) is 0 Å². The van der Waals surface area contributed by atoms with Gasteiger partial charge in [-0.05, 0) is 19.4 Å². The number of hydrogen-bond acceptors (Lipinski definition) is 1. The van der Waals surface area contributed by atoms with E-state index in [1.165, 1.54) is 0 Å². The average Bonchev–Trinajstić information content (AvgIpc) is 2.22. The topological polar surface area (TPSA) is 29.1 Å². The van der Waals surface area contributed by atoms with Crippen molar-refractivity contribution in [2.75, 3.05) is 0 Å². The summed E-state index contributed by atoms with van der Waals surface area (Å²) in [6, 6.07) is 5.45. The highest BCUT2D eigenvalue weighted by Gasteiger charge is 2.34. The molecule has 1 amide bonds. The van der Waals surface area contributed by atoms with Crippen molar-refractivity contribution in [3.63, 3.8) is 0 Å². The summed E-state index contributed by atoms with van der Waals surface area (Å²) >= 11 is 0. The van der Waals surface area contributed by atoms with E-state index in [-0.39, 0.29) is 11.4 Å². The number of nitrogens with one attached hydrogen (secondary N) is 1. The van der Waals surface area contributed by atoms with E-state index in [0.717, 1.165) is 5.56 Å². The Hall–Kier alpha value is -1.25. The fourth-order valence-electron chi connectivity index (χ4n) is 1.71. The zero-order chi connectivity index (χ0) is 9.64. The van der Waals surface area contributed by atoms with Crippen molar-refractivity contribution >= 4 is 19.2 Å². The molecule has 0 spiro atoms. The van der Waals surface area contributed by atoms with Crippen molar-refractivity contribution in [3.05, 3.63) is 29.3 Å². The van der Waals surface area contributed by atoms with E-state index in [1.54, 1.807) is 6.07 Å². The van der Waals surface area contributed by atoms with Crippen LogP contribution in [0, 0.1) is 0 Å². The number of fused-ring (bicyclic) bond motifs is 1. The molecule has 0 fully saturated rings. The molecule has 13 heavy (non-hydrogen) atoms. The number of benzene rings is 1. The van der Waals surface area contributed by atoms with Crippen LogP contribution in [0.4, 0.5) is 0 Å². The van der Waals surface area contributed by atoms with E-state index in [4.69, 9.17) is 7.85 Å². The van der Waals surface area contributed by atoms with Gasteiger partial charge in [0.2, 0.25) is 0 Å². The highest BCUT2D eigenvalue weighted by Crippen LogP contribution is 2.29. The van der Waals surface area contributed by atoms with Crippen LogP contribution in [-0.4, -0.2) is 13.8 Å². The average molecular weight is 171 g/mol. The maximum atomic E-state index is 11.5. The molecular weight excluding hydrogens is 161 g/mol. The number of hydrogen-bond donors (Lipinski definition) is 1. The van der Waals surface area contributed by atoms with E-state index >= 15 is 0 Å². The summed E-state index contributed by atoms with van der Waals surface area (Å²) in [5.41, 5.74) is 2.09. The Morgan fingerprint density at radius 2 is 2.08 bits per heavy atom. The Balaban J connectivity index is 2.66. The summed E-state index contributed by atoms with van der Waals surface area (Å²) in [4.78, 5) is 11.5. The van der Waals surface area contributed by atoms with Crippen LogP contribution in [-0.2, 0) is 5.54 Å². The second-order valence-corrected chi connectivity index (χ2v) is 3.88. The van der Waals surface area contributed by atoms with Crippen molar-refractivity contribution in [2.24, 2.45) is 0 Å². The van der Waals surface area contributed by atoms with Gasteiger partial charge in [0.15, 0.2) is 0 Å². The summed E-state index contributed by atoms with van der Waals surface area (Å²) in [7, 11) is 5.60. The van der Waals surface area contributed by atoms with Gasteiger partial charge in [-0.2, -0.15) is 0 Å². The predicted octanol–water partition coefficient (Wildman–Crippen LogP) is 0.459. The number of carbonyl (C=O) groups is 1. The van der Waals surface area contributed by atoms with E-state index < -0.39 is 0 Å². The third kappa shape index (κ3) is 1.15. The van der Waals surface area contributed by atoms with Gasteiger partial charge >= 0.3 is 0 Å². The third-order valence-electron chi connectivity index (χ3n) is 2.39. The normalized spacial score (nSPS) is 18.2. The molecule has 2 nitrogen and oxygen atoms in total. The standard InChI is InChI=1S/C10H10BNO/c1-10(2)8-4-3-6(11)5-7(8)9(13)12-10/h3-5H,1-2H3,(H,12,13). The molecule has 0 aromatic heterocycles. The lowest BCUT2D eigenvalue weighted by molar-refractivity contribution is 0.0940. The van der Waals surface area contributed by atoms with Crippen molar-refractivity contribution in [3.8, 4) is 0 Å². The van der Waals surface area contributed by atoms with Crippen molar-refractivity contribution in [1.29, 1.82) is 0 Å². The molecule has 0 unspecified atom stereocenters. The highest BCUT2D eigenvalue weighted by atomic mass is 16.2. The fourth-order valence-corrected chi connectivity index (χ4v) is 1.71. The number of amides is 1. The molecule has 0 bridgehead atoms. The lowest BCUT2D eigenvalue weighted by Gasteiger charge is -2.18. The predicted molar refractivity (Wildman–Crippen MR) is 52.3 cm³/mol. The summed E-state index contributed by atoms with van der Waals surface area (Å²) < 4.78 is 0. The number of rotatable bonds is 0. The van der Waals surface area contributed by atoms with Crippen molar-refractivity contribution in [1.82, 2.24) is 5.32 Å². The first-order valence-corrected chi connectivity index (χ1v) is 4.23. The summed E-state index contributed by atoms with van der Waals surface area (Å²) in [6.45, 7) is 3.96. The minimum atomic E-state index is -0.264. The molecule has 2 radical (unpaired) electrons.